The van der Waals surface area contributed by atoms with Crippen LogP contribution in [-0.2, 0) is 0 Å². The molecule has 0 radical (unpaired) electrons. The second-order valence-corrected chi connectivity index (χ2v) is 5.73. The standard InChI is InChI=1S/C16H36N2/c1-6-10-13-18(15(5)9-4)16(14-17,11-7-2)12-8-3/h15H,6-14,17H2,1-5H3. The van der Waals surface area contributed by atoms with Crippen LogP contribution in [-0.4, -0.2) is 29.6 Å². The Kier molecular flexibility index (Phi) is 9.76. The highest BCUT2D eigenvalue weighted by atomic mass is 15.2. The van der Waals surface area contributed by atoms with E-state index in [-0.39, 0.29) is 5.54 Å². The van der Waals surface area contributed by atoms with Crippen LogP contribution in [0.4, 0.5) is 0 Å². The van der Waals surface area contributed by atoms with Crippen molar-refractivity contribution in [1.29, 1.82) is 0 Å². The summed E-state index contributed by atoms with van der Waals surface area (Å²) in [5.41, 5.74) is 6.45. The van der Waals surface area contributed by atoms with E-state index in [1.165, 1.54) is 51.5 Å². The first-order valence-electron chi connectivity index (χ1n) is 8.08. The summed E-state index contributed by atoms with van der Waals surface area (Å²) >= 11 is 0. The first-order valence-corrected chi connectivity index (χ1v) is 8.08. The monoisotopic (exact) mass is 256 g/mol. The topological polar surface area (TPSA) is 29.3 Å². The molecule has 0 aromatic rings. The summed E-state index contributed by atoms with van der Waals surface area (Å²) in [5, 5.41) is 0. The quantitative estimate of drug-likeness (QED) is 0.601. The van der Waals surface area contributed by atoms with E-state index in [2.05, 4.69) is 39.5 Å². The molecule has 0 aliphatic heterocycles. The third-order valence-electron chi connectivity index (χ3n) is 4.30. The molecule has 2 heteroatoms. The van der Waals surface area contributed by atoms with Crippen molar-refractivity contribution >= 4 is 0 Å². The number of unbranched alkanes of at least 4 members (excludes halogenated alkanes) is 1. The Morgan fingerprint density at radius 3 is 1.89 bits per heavy atom. The van der Waals surface area contributed by atoms with E-state index in [1.54, 1.807) is 0 Å². The summed E-state index contributed by atoms with van der Waals surface area (Å²) in [5.74, 6) is 0. The minimum absolute atomic E-state index is 0.244. The van der Waals surface area contributed by atoms with Crippen molar-refractivity contribution in [3.63, 3.8) is 0 Å². The Morgan fingerprint density at radius 1 is 1.00 bits per heavy atom. The number of rotatable bonds is 11. The fraction of sp³-hybridized carbons (Fsp3) is 1.00. The van der Waals surface area contributed by atoms with Crippen molar-refractivity contribution in [3.8, 4) is 0 Å². The van der Waals surface area contributed by atoms with Gasteiger partial charge in [0.2, 0.25) is 0 Å². The molecule has 0 saturated carbocycles. The minimum atomic E-state index is 0.244. The molecular weight excluding hydrogens is 220 g/mol. The molecule has 0 spiro atoms. The van der Waals surface area contributed by atoms with Gasteiger partial charge in [-0.25, -0.2) is 0 Å². The van der Waals surface area contributed by atoms with Crippen LogP contribution in [0, 0.1) is 0 Å². The van der Waals surface area contributed by atoms with Gasteiger partial charge in [0.25, 0.3) is 0 Å². The van der Waals surface area contributed by atoms with E-state index in [9.17, 15) is 0 Å². The van der Waals surface area contributed by atoms with Gasteiger partial charge < -0.3 is 5.73 Å². The molecule has 0 aromatic heterocycles. The molecule has 0 bridgehead atoms. The molecule has 0 amide bonds. The predicted molar refractivity (Wildman–Crippen MR) is 83.0 cm³/mol. The van der Waals surface area contributed by atoms with Crippen LogP contribution in [0.25, 0.3) is 0 Å². The molecule has 0 rings (SSSR count). The van der Waals surface area contributed by atoms with E-state index in [0.717, 1.165) is 6.54 Å². The van der Waals surface area contributed by atoms with Crippen LogP contribution >= 0.6 is 0 Å². The molecule has 1 atom stereocenters. The SMILES string of the molecule is CCCCN(C(C)CC)C(CN)(CCC)CCC. The molecule has 2 N–H and O–H groups in total. The second kappa shape index (κ2) is 9.80. The van der Waals surface area contributed by atoms with Crippen molar-refractivity contribution in [2.75, 3.05) is 13.1 Å². The molecule has 0 heterocycles. The zero-order valence-electron chi connectivity index (χ0n) is 13.5. The van der Waals surface area contributed by atoms with Crippen molar-refractivity contribution < 1.29 is 0 Å². The van der Waals surface area contributed by atoms with Crippen molar-refractivity contribution in [2.24, 2.45) is 5.73 Å². The summed E-state index contributed by atoms with van der Waals surface area (Å²) in [7, 11) is 0. The molecular formula is C16H36N2. The van der Waals surface area contributed by atoms with Crippen LogP contribution in [0.5, 0.6) is 0 Å². The lowest BCUT2D eigenvalue weighted by Crippen LogP contribution is -2.57. The summed E-state index contributed by atoms with van der Waals surface area (Å²) in [4.78, 5) is 2.73. The highest BCUT2D eigenvalue weighted by Crippen LogP contribution is 2.29. The molecule has 0 aromatic carbocycles. The van der Waals surface area contributed by atoms with E-state index in [4.69, 9.17) is 5.73 Å². The van der Waals surface area contributed by atoms with E-state index < -0.39 is 0 Å². The van der Waals surface area contributed by atoms with E-state index in [0.29, 0.717) is 6.04 Å². The van der Waals surface area contributed by atoms with E-state index >= 15 is 0 Å². The van der Waals surface area contributed by atoms with Gasteiger partial charge in [-0.3, -0.25) is 4.90 Å². The first kappa shape index (κ1) is 17.9. The fourth-order valence-electron chi connectivity index (χ4n) is 3.14. The largest absolute Gasteiger partial charge is 0.329 e. The molecule has 0 saturated heterocycles. The van der Waals surface area contributed by atoms with Gasteiger partial charge >= 0.3 is 0 Å². The fourth-order valence-corrected chi connectivity index (χ4v) is 3.14. The van der Waals surface area contributed by atoms with Gasteiger partial charge in [-0.15, -0.1) is 0 Å². The molecule has 0 aliphatic carbocycles. The van der Waals surface area contributed by atoms with Crippen LogP contribution in [0.1, 0.15) is 79.6 Å². The maximum absolute atomic E-state index is 6.20. The van der Waals surface area contributed by atoms with Gasteiger partial charge in [0.05, 0.1) is 0 Å². The highest BCUT2D eigenvalue weighted by Gasteiger charge is 2.35. The predicted octanol–water partition coefficient (Wildman–Crippen LogP) is 4.18. The van der Waals surface area contributed by atoms with Crippen LogP contribution in [0.2, 0.25) is 0 Å². The number of nitrogens with two attached hydrogens (primary N) is 1. The van der Waals surface area contributed by atoms with Gasteiger partial charge in [-0.1, -0.05) is 47.0 Å². The lowest BCUT2D eigenvalue weighted by molar-refractivity contribution is 0.0352. The van der Waals surface area contributed by atoms with Crippen LogP contribution in [0.15, 0.2) is 0 Å². The summed E-state index contributed by atoms with van der Waals surface area (Å²) in [6.45, 7) is 13.5. The maximum Gasteiger partial charge on any atom is 0.0334 e. The van der Waals surface area contributed by atoms with Gasteiger partial charge in [0, 0.05) is 18.1 Å². The Labute approximate surface area is 115 Å². The van der Waals surface area contributed by atoms with Crippen LogP contribution in [0.3, 0.4) is 0 Å². The lowest BCUT2D eigenvalue weighted by atomic mass is 9.85. The average Bonchev–Trinajstić information content (AvgIpc) is 2.38. The van der Waals surface area contributed by atoms with Gasteiger partial charge in [-0.05, 0) is 39.2 Å². The lowest BCUT2D eigenvalue weighted by Gasteiger charge is -2.47. The Hall–Kier alpha value is -0.0800. The Morgan fingerprint density at radius 2 is 1.56 bits per heavy atom. The van der Waals surface area contributed by atoms with Crippen molar-refractivity contribution in [1.82, 2.24) is 4.90 Å². The smallest absolute Gasteiger partial charge is 0.0334 e. The van der Waals surface area contributed by atoms with Gasteiger partial charge in [-0.2, -0.15) is 0 Å². The highest BCUT2D eigenvalue weighted by molar-refractivity contribution is 4.93. The Balaban J connectivity index is 5.02. The maximum atomic E-state index is 6.20. The van der Waals surface area contributed by atoms with E-state index in [1.807, 2.05) is 0 Å². The summed E-state index contributed by atoms with van der Waals surface area (Å²) in [6.07, 6.45) is 8.73. The van der Waals surface area contributed by atoms with Crippen molar-refractivity contribution in [2.45, 2.75) is 91.1 Å². The normalized spacial score (nSPS) is 14.2. The number of hydrogen-bond acceptors (Lipinski definition) is 2. The zero-order valence-corrected chi connectivity index (χ0v) is 13.5. The zero-order chi connectivity index (χ0) is 14.0. The van der Waals surface area contributed by atoms with Gasteiger partial charge in [0.1, 0.15) is 0 Å². The number of nitrogens with zero attached hydrogens (tertiary/aromatic N) is 1. The first-order chi connectivity index (χ1) is 8.61. The van der Waals surface area contributed by atoms with Crippen molar-refractivity contribution in [3.05, 3.63) is 0 Å². The average molecular weight is 256 g/mol. The Bertz CT molecular complexity index is 186. The molecule has 0 aliphatic rings. The summed E-state index contributed by atoms with van der Waals surface area (Å²) < 4.78 is 0. The second-order valence-electron chi connectivity index (χ2n) is 5.73. The third kappa shape index (κ3) is 4.89. The molecule has 1 unspecified atom stereocenters. The molecule has 110 valence electrons. The molecule has 0 fully saturated rings. The number of hydrogen-bond donors (Lipinski definition) is 1. The van der Waals surface area contributed by atoms with Gasteiger partial charge in [0.15, 0.2) is 0 Å². The minimum Gasteiger partial charge on any atom is -0.329 e. The van der Waals surface area contributed by atoms with Crippen LogP contribution < -0.4 is 5.73 Å². The molecule has 18 heavy (non-hydrogen) atoms. The summed E-state index contributed by atoms with van der Waals surface area (Å²) in [6, 6.07) is 0.651. The third-order valence-corrected chi connectivity index (χ3v) is 4.30. The molecule has 2 nitrogen and oxygen atoms in total.